The Hall–Kier alpha value is -1.85. The zero-order valence-electron chi connectivity index (χ0n) is 12.8. The third-order valence-corrected chi connectivity index (χ3v) is 2.93. The lowest BCUT2D eigenvalue weighted by Gasteiger charge is -2.13. The standard InChI is InChI=1S/C14H25N5O/c1-5-7-16-11(20)6-8-17-14-10(4)12(15)18-13(19-14)9(2)3/h9H,5-8H2,1-4H3,(H,16,20)(H3,15,17,18,19). The monoisotopic (exact) mass is 279 g/mol. The van der Waals surface area contributed by atoms with Crippen molar-refractivity contribution in [3.63, 3.8) is 0 Å². The van der Waals surface area contributed by atoms with Crippen LogP contribution in [0.5, 0.6) is 0 Å². The van der Waals surface area contributed by atoms with Crippen LogP contribution in [0.4, 0.5) is 11.6 Å². The van der Waals surface area contributed by atoms with Crippen LogP contribution in [0.2, 0.25) is 0 Å². The number of nitrogens with zero attached hydrogens (tertiary/aromatic N) is 2. The molecule has 0 aromatic carbocycles. The molecule has 0 spiro atoms. The first-order chi connectivity index (χ1) is 9.45. The Kier molecular flexibility index (Phi) is 6.21. The van der Waals surface area contributed by atoms with Crippen LogP contribution in [0.25, 0.3) is 0 Å². The molecule has 1 aromatic rings. The topological polar surface area (TPSA) is 92.9 Å². The summed E-state index contributed by atoms with van der Waals surface area (Å²) in [5.74, 6) is 2.17. The summed E-state index contributed by atoms with van der Waals surface area (Å²) in [7, 11) is 0. The molecular formula is C14H25N5O. The van der Waals surface area contributed by atoms with Crippen molar-refractivity contribution >= 4 is 17.5 Å². The third kappa shape index (κ3) is 4.68. The molecular weight excluding hydrogens is 254 g/mol. The fraction of sp³-hybridized carbons (Fsp3) is 0.643. The highest BCUT2D eigenvalue weighted by molar-refractivity contribution is 5.76. The van der Waals surface area contributed by atoms with Gasteiger partial charge in [-0.05, 0) is 13.3 Å². The van der Waals surface area contributed by atoms with Crippen molar-refractivity contribution in [1.82, 2.24) is 15.3 Å². The van der Waals surface area contributed by atoms with Crippen LogP contribution < -0.4 is 16.4 Å². The number of nitrogen functional groups attached to an aromatic ring is 1. The smallest absolute Gasteiger partial charge is 0.221 e. The van der Waals surface area contributed by atoms with Gasteiger partial charge in [0.05, 0.1) is 0 Å². The maximum absolute atomic E-state index is 11.5. The van der Waals surface area contributed by atoms with Crippen molar-refractivity contribution < 1.29 is 4.79 Å². The predicted octanol–water partition coefficient (Wildman–Crippen LogP) is 1.82. The molecule has 0 aliphatic carbocycles. The van der Waals surface area contributed by atoms with Gasteiger partial charge in [0.2, 0.25) is 5.91 Å². The first kappa shape index (κ1) is 16.2. The van der Waals surface area contributed by atoms with Gasteiger partial charge in [0.1, 0.15) is 17.5 Å². The number of anilines is 2. The molecule has 1 heterocycles. The third-order valence-electron chi connectivity index (χ3n) is 2.93. The number of hydrogen-bond donors (Lipinski definition) is 3. The SMILES string of the molecule is CCCNC(=O)CCNc1nc(C(C)C)nc(N)c1C. The van der Waals surface area contributed by atoms with Gasteiger partial charge in [0, 0.05) is 31.0 Å². The molecule has 0 saturated heterocycles. The molecule has 1 rings (SSSR count). The van der Waals surface area contributed by atoms with Crippen LogP contribution in [-0.2, 0) is 4.79 Å². The van der Waals surface area contributed by atoms with Crippen molar-refractivity contribution in [3.8, 4) is 0 Å². The molecule has 0 radical (unpaired) electrons. The number of nitrogens with two attached hydrogens (primary N) is 1. The minimum Gasteiger partial charge on any atom is -0.383 e. The van der Waals surface area contributed by atoms with Gasteiger partial charge in [0.15, 0.2) is 0 Å². The summed E-state index contributed by atoms with van der Waals surface area (Å²) in [4.78, 5) is 20.2. The van der Waals surface area contributed by atoms with E-state index in [0.29, 0.717) is 30.4 Å². The number of hydrogen-bond acceptors (Lipinski definition) is 5. The zero-order valence-corrected chi connectivity index (χ0v) is 12.8. The summed E-state index contributed by atoms with van der Waals surface area (Å²) in [5.41, 5.74) is 6.71. The van der Waals surface area contributed by atoms with Gasteiger partial charge in [-0.15, -0.1) is 0 Å². The molecule has 0 saturated carbocycles. The van der Waals surface area contributed by atoms with Crippen LogP contribution in [0, 0.1) is 6.92 Å². The van der Waals surface area contributed by atoms with Crippen molar-refractivity contribution in [2.45, 2.75) is 46.5 Å². The van der Waals surface area contributed by atoms with Crippen molar-refractivity contribution in [2.24, 2.45) is 0 Å². The summed E-state index contributed by atoms with van der Waals surface area (Å²) in [6.45, 7) is 9.19. The van der Waals surface area contributed by atoms with E-state index in [1.807, 2.05) is 27.7 Å². The molecule has 6 heteroatoms. The molecule has 20 heavy (non-hydrogen) atoms. The molecule has 6 nitrogen and oxygen atoms in total. The summed E-state index contributed by atoms with van der Waals surface area (Å²) >= 11 is 0. The highest BCUT2D eigenvalue weighted by atomic mass is 16.1. The Bertz CT molecular complexity index is 459. The lowest BCUT2D eigenvalue weighted by molar-refractivity contribution is -0.120. The molecule has 0 bridgehead atoms. The van der Waals surface area contributed by atoms with Gasteiger partial charge in [0.25, 0.3) is 0 Å². The van der Waals surface area contributed by atoms with Gasteiger partial charge < -0.3 is 16.4 Å². The largest absolute Gasteiger partial charge is 0.383 e. The zero-order chi connectivity index (χ0) is 15.1. The highest BCUT2D eigenvalue weighted by Gasteiger charge is 2.11. The lowest BCUT2D eigenvalue weighted by Crippen LogP contribution is -2.26. The molecule has 1 aromatic heterocycles. The van der Waals surface area contributed by atoms with Crippen molar-refractivity contribution in [3.05, 3.63) is 11.4 Å². The minimum absolute atomic E-state index is 0.0446. The minimum atomic E-state index is 0.0446. The van der Waals surface area contributed by atoms with E-state index in [1.165, 1.54) is 0 Å². The van der Waals surface area contributed by atoms with Crippen LogP contribution in [-0.4, -0.2) is 29.0 Å². The maximum atomic E-state index is 11.5. The number of carbonyl (C=O) groups excluding carboxylic acids is 1. The quantitative estimate of drug-likeness (QED) is 0.708. The summed E-state index contributed by atoms with van der Waals surface area (Å²) in [6, 6.07) is 0. The van der Waals surface area contributed by atoms with Gasteiger partial charge in [-0.3, -0.25) is 4.79 Å². The van der Waals surface area contributed by atoms with E-state index in [1.54, 1.807) is 0 Å². The van der Waals surface area contributed by atoms with Gasteiger partial charge in [-0.25, -0.2) is 9.97 Å². The second-order valence-corrected chi connectivity index (χ2v) is 5.12. The van der Waals surface area contributed by atoms with Crippen LogP contribution in [0.15, 0.2) is 0 Å². The Morgan fingerprint density at radius 3 is 2.60 bits per heavy atom. The van der Waals surface area contributed by atoms with E-state index < -0.39 is 0 Å². The number of aromatic nitrogens is 2. The Balaban J connectivity index is 2.61. The second kappa shape index (κ2) is 7.67. The van der Waals surface area contributed by atoms with Crippen LogP contribution in [0.3, 0.4) is 0 Å². The second-order valence-electron chi connectivity index (χ2n) is 5.12. The van der Waals surface area contributed by atoms with Gasteiger partial charge >= 0.3 is 0 Å². The average molecular weight is 279 g/mol. The highest BCUT2D eigenvalue weighted by Crippen LogP contribution is 2.20. The molecule has 0 aliphatic rings. The average Bonchev–Trinajstić information content (AvgIpc) is 2.40. The Labute approximate surface area is 120 Å². The molecule has 4 N–H and O–H groups in total. The van der Waals surface area contributed by atoms with E-state index in [4.69, 9.17) is 5.73 Å². The Morgan fingerprint density at radius 2 is 2.00 bits per heavy atom. The van der Waals surface area contributed by atoms with E-state index >= 15 is 0 Å². The van der Waals surface area contributed by atoms with Crippen molar-refractivity contribution in [1.29, 1.82) is 0 Å². The number of amides is 1. The summed E-state index contributed by atoms with van der Waals surface area (Å²) in [5, 5.41) is 6.00. The van der Waals surface area contributed by atoms with E-state index in [2.05, 4.69) is 20.6 Å². The molecule has 0 unspecified atom stereocenters. The molecule has 0 fully saturated rings. The fourth-order valence-electron chi connectivity index (χ4n) is 1.63. The lowest BCUT2D eigenvalue weighted by atomic mass is 10.2. The first-order valence-electron chi connectivity index (χ1n) is 7.10. The maximum Gasteiger partial charge on any atom is 0.221 e. The predicted molar refractivity (Wildman–Crippen MR) is 81.7 cm³/mol. The van der Waals surface area contributed by atoms with Crippen molar-refractivity contribution in [2.75, 3.05) is 24.1 Å². The number of rotatable bonds is 7. The molecule has 0 atom stereocenters. The molecule has 0 aliphatic heterocycles. The van der Waals surface area contributed by atoms with E-state index in [9.17, 15) is 4.79 Å². The van der Waals surface area contributed by atoms with Gasteiger partial charge in [-0.1, -0.05) is 20.8 Å². The summed E-state index contributed by atoms with van der Waals surface area (Å²) < 4.78 is 0. The van der Waals surface area contributed by atoms with E-state index in [0.717, 1.165) is 18.5 Å². The Morgan fingerprint density at radius 1 is 1.30 bits per heavy atom. The van der Waals surface area contributed by atoms with Crippen LogP contribution >= 0.6 is 0 Å². The first-order valence-corrected chi connectivity index (χ1v) is 7.10. The van der Waals surface area contributed by atoms with Gasteiger partial charge in [-0.2, -0.15) is 0 Å². The molecule has 112 valence electrons. The number of carbonyl (C=O) groups is 1. The molecule has 1 amide bonds. The number of nitrogens with one attached hydrogen (secondary N) is 2. The van der Waals surface area contributed by atoms with E-state index in [-0.39, 0.29) is 11.8 Å². The van der Waals surface area contributed by atoms with Crippen LogP contribution in [0.1, 0.15) is 50.9 Å². The fourth-order valence-corrected chi connectivity index (χ4v) is 1.63. The summed E-state index contributed by atoms with van der Waals surface area (Å²) in [6.07, 6.45) is 1.36. The normalized spacial score (nSPS) is 10.7.